The van der Waals surface area contributed by atoms with Crippen molar-refractivity contribution in [3.63, 3.8) is 0 Å². The van der Waals surface area contributed by atoms with E-state index in [4.69, 9.17) is 47.4 Å². The number of nitrogens with zero attached hydrogens (tertiary/aromatic N) is 2. The first kappa shape index (κ1) is 88.3. The SMILES string of the molecule is CCOC(=O)CC(=O)Oc1c(-c2sc3ccccc3c2O)sc2ccccc12.CCOC(=O)CC(=O)Oc1c(-c2sc3ccccc3c2OC(=O)CC(=O)OCC)sc2ccccc12.CCOC(=O)CC(=O)Oc1c(C2=C(O)c3ccccc3C2)[nH]c2ccccc12.O=C(Oc1c(-c2sc3ccccc3c2OC(=O)c2ccncc2)sc2ccccc12)c1ccncc1. The molecular formula is C97H73N3O22S6. The minimum Gasteiger partial charge on any atom is -0.507 e. The molecule has 18 rings (SSSR count). The molecule has 1 aliphatic carbocycles. The highest BCUT2D eigenvalue weighted by atomic mass is 32.1. The van der Waals surface area contributed by atoms with Gasteiger partial charge in [-0.3, -0.25) is 48.3 Å². The van der Waals surface area contributed by atoms with Gasteiger partial charge in [-0.15, -0.1) is 68.0 Å². The summed E-state index contributed by atoms with van der Waals surface area (Å²) in [5.74, 6) is -4.15. The first-order valence-electron chi connectivity index (χ1n) is 39.9. The summed E-state index contributed by atoms with van der Waals surface area (Å²) >= 11 is 8.56. The number of ether oxygens (including phenoxy) is 10. The number of aromatic nitrogens is 3. The molecule has 0 amide bonds. The number of aromatic hydroxyl groups is 1. The number of nitrogens with one attached hydrogen (secondary N) is 1. The number of esters is 10. The minimum atomic E-state index is -0.764. The maximum atomic E-state index is 13.0. The van der Waals surface area contributed by atoms with Gasteiger partial charge in [0.15, 0.2) is 34.5 Å². The molecule has 0 saturated heterocycles. The van der Waals surface area contributed by atoms with Crippen LogP contribution >= 0.6 is 68.0 Å². The molecule has 0 atom stereocenters. The lowest BCUT2D eigenvalue weighted by atomic mass is 10.1. The van der Waals surface area contributed by atoms with E-state index in [0.717, 1.165) is 76.1 Å². The van der Waals surface area contributed by atoms with E-state index in [2.05, 4.69) is 15.0 Å². The molecule has 0 bridgehead atoms. The largest absolute Gasteiger partial charge is 0.507 e. The Morgan fingerprint density at radius 1 is 0.312 bits per heavy atom. The Morgan fingerprint density at radius 3 is 0.938 bits per heavy atom. The zero-order chi connectivity index (χ0) is 89.5. The van der Waals surface area contributed by atoms with Gasteiger partial charge in [-0.05, 0) is 142 Å². The van der Waals surface area contributed by atoms with E-state index in [9.17, 15) is 58.2 Å². The maximum Gasteiger partial charge on any atom is 0.343 e. The zero-order valence-electron chi connectivity index (χ0n) is 68.4. The lowest BCUT2D eigenvalue weighted by Gasteiger charge is -2.09. The van der Waals surface area contributed by atoms with Gasteiger partial charge in [-0.1, -0.05) is 109 Å². The average molecular weight is 1830 g/mol. The van der Waals surface area contributed by atoms with Crippen LogP contribution < -0.4 is 28.4 Å². The summed E-state index contributed by atoms with van der Waals surface area (Å²) in [5.41, 5.74) is 4.51. The van der Waals surface area contributed by atoms with E-state index in [1.807, 2.05) is 194 Å². The Morgan fingerprint density at radius 2 is 0.594 bits per heavy atom. The highest BCUT2D eigenvalue weighted by Gasteiger charge is 2.33. The summed E-state index contributed by atoms with van der Waals surface area (Å²) in [6.45, 7) is 7.37. The van der Waals surface area contributed by atoms with Crippen molar-refractivity contribution in [3.05, 3.63) is 271 Å². The van der Waals surface area contributed by atoms with Gasteiger partial charge in [0.05, 0.1) is 72.5 Å². The van der Waals surface area contributed by atoms with Gasteiger partial charge >= 0.3 is 59.7 Å². The van der Waals surface area contributed by atoms with Crippen LogP contribution in [-0.4, -0.2) is 111 Å². The fourth-order valence-corrected chi connectivity index (χ4v) is 20.9. The van der Waals surface area contributed by atoms with E-state index in [0.29, 0.717) is 87.5 Å². The number of thiophene rings is 6. The van der Waals surface area contributed by atoms with Crippen molar-refractivity contribution in [1.29, 1.82) is 0 Å². The van der Waals surface area contributed by atoms with Crippen LogP contribution in [0.2, 0.25) is 0 Å². The predicted octanol–water partition coefficient (Wildman–Crippen LogP) is 21.9. The number of hydrogen-bond acceptors (Lipinski definition) is 30. The van der Waals surface area contributed by atoms with Gasteiger partial charge in [-0.25, -0.2) is 9.59 Å². The lowest BCUT2D eigenvalue weighted by Crippen LogP contribution is -2.16. The molecule has 9 heterocycles. The molecule has 31 heteroatoms. The van der Waals surface area contributed by atoms with Crippen LogP contribution in [0, 0.1) is 0 Å². The molecule has 8 aromatic carbocycles. The van der Waals surface area contributed by atoms with Crippen molar-refractivity contribution >= 4 is 210 Å². The van der Waals surface area contributed by atoms with Gasteiger partial charge in [-0.2, -0.15) is 0 Å². The maximum absolute atomic E-state index is 13.0. The first-order valence-corrected chi connectivity index (χ1v) is 44.8. The Balaban J connectivity index is 0.000000132. The van der Waals surface area contributed by atoms with Gasteiger partial charge in [0.2, 0.25) is 0 Å². The molecular weight excluding hydrogens is 1750 g/mol. The van der Waals surface area contributed by atoms with E-state index in [1.165, 1.54) is 68.0 Å². The topological polar surface area (TPSA) is 345 Å². The van der Waals surface area contributed by atoms with Crippen molar-refractivity contribution in [1.82, 2.24) is 15.0 Å². The molecule has 128 heavy (non-hydrogen) atoms. The smallest absolute Gasteiger partial charge is 0.343 e. The number of pyridine rings is 2. The number of carbonyl (C=O) groups is 10. The summed E-state index contributed by atoms with van der Waals surface area (Å²) in [6.07, 6.45) is 4.69. The van der Waals surface area contributed by atoms with Crippen LogP contribution in [0.5, 0.6) is 40.2 Å². The molecule has 0 spiro atoms. The number of benzene rings is 8. The molecule has 0 unspecified atom stereocenters. The molecule has 0 saturated carbocycles. The number of aromatic amines is 1. The second-order valence-corrected chi connectivity index (χ2v) is 34.0. The Kier molecular flexibility index (Phi) is 28.0. The van der Waals surface area contributed by atoms with Crippen molar-refractivity contribution in [3.8, 4) is 69.5 Å². The standard InChI is InChI=1S/C28H16N2O4S2.C26H22O8S2.C22H19NO5.C21H16O5S2/c31-27(17-9-13-29-14-10-17)33-23-19-5-1-3-7-21(19)35-25(23)26-24(20-6-2-4-8-22(20)36-26)34-28(32)18-11-15-30-16-12-18;1-3-31-19(27)13-21(29)33-23-15-9-5-7-11-17(15)35-25(23)26-24(16-10-6-8-12-18(16)36-26)34-22(30)14-20(28)32-4-2;1-2-27-18(24)12-19(25)28-22-15-9-5-6-10-17(15)23-20(22)16-11-13-7-3-4-8-14(13)21(16)26;1-2-25-16(22)11-17(23)26-19-13-8-4-6-10-15(13)28-21(19)20-18(24)12-7-3-5-9-14(12)27-20/h1-16H;5-12H,3-4,13-14H2,1-2H3;3-10,23,26H,2,11-12H2,1H3;3-10,24H,2,11H2,1H3. The first-order chi connectivity index (χ1) is 62.3. The summed E-state index contributed by atoms with van der Waals surface area (Å²) < 4.78 is 59.3. The van der Waals surface area contributed by atoms with Crippen molar-refractivity contribution in [2.24, 2.45) is 0 Å². The molecule has 17 aromatic rings. The normalized spacial score (nSPS) is 11.4. The number of H-pyrrole nitrogens is 1. The second-order valence-electron chi connectivity index (χ2n) is 27.7. The van der Waals surface area contributed by atoms with Crippen molar-refractivity contribution < 1.29 is 106 Å². The molecule has 3 N–H and O–H groups in total. The van der Waals surface area contributed by atoms with Gasteiger partial charge in [0, 0.05) is 114 Å². The lowest BCUT2D eigenvalue weighted by molar-refractivity contribution is -0.151. The molecule has 1 aliphatic rings. The average Bonchev–Trinajstić information content (AvgIpc) is 1.61. The number of fused-ring (bicyclic) bond motifs is 8. The number of aliphatic hydroxyl groups is 1. The van der Waals surface area contributed by atoms with Gasteiger partial charge < -0.3 is 62.6 Å². The van der Waals surface area contributed by atoms with E-state index in [-0.39, 0.29) is 49.4 Å². The molecule has 25 nitrogen and oxygen atoms in total. The number of carbonyl (C=O) groups excluding carboxylic acids is 10. The Labute approximate surface area is 752 Å². The van der Waals surface area contributed by atoms with E-state index >= 15 is 0 Å². The van der Waals surface area contributed by atoms with Crippen LogP contribution in [0.1, 0.15) is 90.9 Å². The quantitative estimate of drug-likeness (QED) is 0.0287. The summed E-state index contributed by atoms with van der Waals surface area (Å²) in [7, 11) is 0. The summed E-state index contributed by atoms with van der Waals surface area (Å²) in [4.78, 5) is 138. The zero-order valence-corrected chi connectivity index (χ0v) is 73.3. The van der Waals surface area contributed by atoms with Gasteiger partial charge in [0.1, 0.15) is 37.2 Å². The number of rotatable bonds is 24. The molecule has 0 aliphatic heterocycles. The highest BCUT2D eigenvalue weighted by Crippen LogP contribution is 2.57. The van der Waals surface area contributed by atoms with Crippen LogP contribution in [0.4, 0.5) is 0 Å². The fourth-order valence-electron chi connectivity index (χ4n) is 13.7. The molecule has 0 fully saturated rings. The number of hydrogen-bond donors (Lipinski definition) is 3. The highest BCUT2D eigenvalue weighted by molar-refractivity contribution is 7.30. The minimum absolute atomic E-state index is 0.154. The van der Waals surface area contributed by atoms with E-state index < -0.39 is 85.4 Å². The van der Waals surface area contributed by atoms with Crippen LogP contribution in [0.3, 0.4) is 0 Å². The number of para-hydroxylation sites is 1. The summed E-state index contributed by atoms with van der Waals surface area (Å²) in [6, 6.07) is 66.7. The molecule has 0 radical (unpaired) electrons. The monoisotopic (exact) mass is 1820 g/mol. The van der Waals surface area contributed by atoms with Crippen LogP contribution in [0.25, 0.3) is 112 Å². The predicted molar refractivity (Wildman–Crippen MR) is 493 cm³/mol. The Bertz CT molecular complexity index is 6920. The third kappa shape index (κ3) is 19.9. The van der Waals surface area contributed by atoms with E-state index in [1.54, 1.807) is 76.7 Å². The molecule has 9 aromatic heterocycles. The van der Waals surface area contributed by atoms with Gasteiger partial charge in [0.25, 0.3) is 0 Å². The fraction of sp³-hybridized carbons (Fsp3) is 0.134. The van der Waals surface area contributed by atoms with Crippen LogP contribution in [-0.2, 0) is 63.7 Å². The second kappa shape index (κ2) is 40.6. The summed E-state index contributed by atoms with van der Waals surface area (Å²) in [5, 5.41) is 26.7. The number of allylic oxidation sites excluding steroid dienone is 1. The van der Waals surface area contributed by atoms with Crippen LogP contribution in [0.15, 0.2) is 243 Å². The molecule has 644 valence electrons. The van der Waals surface area contributed by atoms with Crippen molar-refractivity contribution in [2.75, 3.05) is 26.4 Å². The third-order valence-electron chi connectivity index (χ3n) is 19.3. The number of aliphatic hydroxyl groups excluding tert-OH is 1. The van der Waals surface area contributed by atoms with Crippen molar-refractivity contribution in [2.45, 2.75) is 59.8 Å². The third-order valence-corrected chi connectivity index (χ3v) is 26.7. The Hall–Kier alpha value is -14.6.